The molecule has 0 aromatic carbocycles. The largest absolute Gasteiger partial charge is 0.464 e. The molecule has 0 N–H and O–H groups in total. The lowest BCUT2D eigenvalue weighted by Crippen LogP contribution is -2.69. The van der Waals surface area contributed by atoms with Gasteiger partial charge in [-0.05, 0) is 26.0 Å². The van der Waals surface area contributed by atoms with Gasteiger partial charge in [0.15, 0.2) is 11.5 Å². The predicted octanol–water partition coefficient (Wildman–Crippen LogP) is 1.89. The molecule has 5 heteroatoms. The molecule has 2 heterocycles. The lowest BCUT2D eigenvalue weighted by atomic mass is 9.65. The third-order valence-corrected chi connectivity index (χ3v) is 4.21. The smallest absolute Gasteiger partial charge is 0.358 e. The SMILES string of the molecule is COC(=O)c1ccc(N2CC(C)(C)C2(C)C)nn1. The Labute approximate surface area is 107 Å². The van der Waals surface area contributed by atoms with Gasteiger partial charge in [-0.3, -0.25) is 0 Å². The molecule has 1 saturated heterocycles. The summed E-state index contributed by atoms with van der Waals surface area (Å²) in [6.07, 6.45) is 0. The minimum absolute atomic E-state index is 0.0362. The molecule has 5 nitrogen and oxygen atoms in total. The zero-order chi connectivity index (χ0) is 13.6. The molecule has 0 radical (unpaired) electrons. The molecule has 1 aromatic heterocycles. The Balaban J connectivity index is 2.20. The van der Waals surface area contributed by atoms with Gasteiger partial charge < -0.3 is 9.64 Å². The van der Waals surface area contributed by atoms with E-state index in [9.17, 15) is 4.79 Å². The van der Waals surface area contributed by atoms with Gasteiger partial charge in [0.2, 0.25) is 0 Å². The molecule has 1 fully saturated rings. The summed E-state index contributed by atoms with van der Waals surface area (Å²) in [7, 11) is 1.33. The summed E-state index contributed by atoms with van der Waals surface area (Å²) in [6, 6.07) is 3.46. The average molecular weight is 249 g/mol. The molecule has 0 spiro atoms. The summed E-state index contributed by atoms with van der Waals surface area (Å²) in [5, 5.41) is 8.01. The molecule has 0 aliphatic carbocycles. The third-order valence-electron chi connectivity index (χ3n) is 4.21. The molecule has 98 valence electrons. The third kappa shape index (κ3) is 1.74. The number of methoxy groups -OCH3 is 1. The van der Waals surface area contributed by atoms with Crippen LogP contribution < -0.4 is 4.90 Å². The zero-order valence-electron chi connectivity index (χ0n) is 11.5. The molecule has 0 atom stereocenters. The Kier molecular flexibility index (Phi) is 2.80. The maximum absolute atomic E-state index is 11.3. The maximum Gasteiger partial charge on any atom is 0.358 e. The van der Waals surface area contributed by atoms with Crippen molar-refractivity contribution in [1.29, 1.82) is 0 Å². The normalized spacial score (nSPS) is 20.2. The van der Waals surface area contributed by atoms with Gasteiger partial charge in [-0.25, -0.2) is 4.79 Å². The zero-order valence-corrected chi connectivity index (χ0v) is 11.5. The Bertz CT molecular complexity index is 466. The van der Waals surface area contributed by atoms with E-state index in [0.717, 1.165) is 12.4 Å². The Morgan fingerprint density at radius 2 is 1.94 bits per heavy atom. The average Bonchev–Trinajstić information content (AvgIpc) is 2.35. The summed E-state index contributed by atoms with van der Waals surface area (Å²) in [5.41, 5.74) is 0.517. The number of carbonyl (C=O) groups is 1. The minimum Gasteiger partial charge on any atom is -0.464 e. The predicted molar refractivity (Wildman–Crippen MR) is 68.6 cm³/mol. The van der Waals surface area contributed by atoms with Crippen molar-refractivity contribution >= 4 is 11.8 Å². The second kappa shape index (κ2) is 3.93. The van der Waals surface area contributed by atoms with Crippen molar-refractivity contribution in [2.75, 3.05) is 18.6 Å². The summed E-state index contributed by atoms with van der Waals surface area (Å²) < 4.78 is 4.60. The highest BCUT2D eigenvalue weighted by molar-refractivity contribution is 5.87. The van der Waals surface area contributed by atoms with E-state index in [1.165, 1.54) is 7.11 Å². The van der Waals surface area contributed by atoms with Gasteiger partial charge in [0.25, 0.3) is 0 Å². The molecule has 1 aliphatic rings. The van der Waals surface area contributed by atoms with Crippen LogP contribution in [0.3, 0.4) is 0 Å². The second-order valence-corrected chi connectivity index (χ2v) is 5.80. The molecule has 18 heavy (non-hydrogen) atoms. The number of carbonyl (C=O) groups excluding carboxylic acids is 1. The van der Waals surface area contributed by atoms with Gasteiger partial charge in [-0.2, -0.15) is 0 Å². The topological polar surface area (TPSA) is 55.3 Å². The van der Waals surface area contributed by atoms with Crippen LogP contribution in [0, 0.1) is 5.41 Å². The number of anilines is 1. The first-order chi connectivity index (χ1) is 8.29. The van der Waals surface area contributed by atoms with E-state index in [1.807, 2.05) is 6.07 Å². The van der Waals surface area contributed by atoms with Crippen molar-refractivity contribution in [3.63, 3.8) is 0 Å². The Hall–Kier alpha value is -1.65. The first kappa shape index (κ1) is 12.8. The number of esters is 1. The standard InChI is InChI=1S/C13H19N3O2/c1-12(2)8-16(13(12,3)4)10-7-6-9(14-15-10)11(17)18-5/h6-7H,8H2,1-5H3. The van der Waals surface area contributed by atoms with Crippen molar-refractivity contribution in [3.8, 4) is 0 Å². The lowest BCUT2D eigenvalue weighted by Gasteiger charge is -2.61. The van der Waals surface area contributed by atoms with Crippen LogP contribution in [-0.2, 0) is 4.74 Å². The highest BCUT2D eigenvalue weighted by atomic mass is 16.5. The van der Waals surface area contributed by atoms with Gasteiger partial charge >= 0.3 is 5.97 Å². The monoisotopic (exact) mass is 249 g/mol. The number of rotatable bonds is 2. The highest BCUT2D eigenvalue weighted by Crippen LogP contribution is 2.47. The van der Waals surface area contributed by atoms with E-state index in [2.05, 4.69) is 47.5 Å². The molecule has 0 bridgehead atoms. The van der Waals surface area contributed by atoms with E-state index < -0.39 is 5.97 Å². The molecule has 2 rings (SSSR count). The molecular formula is C13H19N3O2. The van der Waals surface area contributed by atoms with Gasteiger partial charge in [-0.15, -0.1) is 10.2 Å². The van der Waals surface area contributed by atoms with E-state index >= 15 is 0 Å². The van der Waals surface area contributed by atoms with E-state index in [0.29, 0.717) is 0 Å². The van der Waals surface area contributed by atoms with Crippen molar-refractivity contribution in [1.82, 2.24) is 10.2 Å². The van der Waals surface area contributed by atoms with Crippen LogP contribution in [-0.4, -0.2) is 35.4 Å². The number of nitrogens with zero attached hydrogens (tertiary/aromatic N) is 3. The molecule has 0 unspecified atom stereocenters. The van der Waals surface area contributed by atoms with Gasteiger partial charge in [-0.1, -0.05) is 13.8 Å². The van der Waals surface area contributed by atoms with Crippen LogP contribution in [0.15, 0.2) is 12.1 Å². The van der Waals surface area contributed by atoms with Crippen LogP contribution in [0.5, 0.6) is 0 Å². The first-order valence-electron chi connectivity index (χ1n) is 5.99. The van der Waals surface area contributed by atoms with Crippen molar-refractivity contribution in [2.24, 2.45) is 5.41 Å². The molecule has 1 aliphatic heterocycles. The summed E-state index contributed by atoms with van der Waals surface area (Å²) in [5.74, 6) is 0.337. The fraction of sp³-hybridized carbons (Fsp3) is 0.615. The van der Waals surface area contributed by atoms with Crippen LogP contribution in [0.4, 0.5) is 5.82 Å². The summed E-state index contributed by atoms with van der Waals surface area (Å²) >= 11 is 0. The van der Waals surface area contributed by atoms with Crippen LogP contribution in [0.2, 0.25) is 0 Å². The Morgan fingerprint density at radius 1 is 1.28 bits per heavy atom. The van der Waals surface area contributed by atoms with Gasteiger partial charge in [0.1, 0.15) is 0 Å². The fourth-order valence-corrected chi connectivity index (χ4v) is 2.11. The number of hydrogen-bond donors (Lipinski definition) is 0. The van der Waals surface area contributed by atoms with E-state index in [4.69, 9.17) is 0 Å². The van der Waals surface area contributed by atoms with Gasteiger partial charge in [0.05, 0.1) is 7.11 Å². The quantitative estimate of drug-likeness (QED) is 0.749. The second-order valence-electron chi connectivity index (χ2n) is 5.80. The fourth-order valence-electron chi connectivity index (χ4n) is 2.11. The van der Waals surface area contributed by atoms with Gasteiger partial charge in [0, 0.05) is 17.5 Å². The van der Waals surface area contributed by atoms with Crippen LogP contribution in [0.25, 0.3) is 0 Å². The minimum atomic E-state index is -0.461. The molecule has 0 saturated carbocycles. The summed E-state index contributed by atoms with van der Waals surface area (Å²) in [4.78, 5) is 13.5. The number of ether oxygens (including phenoxy) is 1. The van der Waals surface area contributed by atoms with Crippen LogP contribution in [0.1, 0.15) is 38.2 Å². The van der Waals surface area contributed by atoms with Crippen molar-refractivity contribution in [3.05, 3.63) is 17.8 Å². The molecule has 0 amide bonds. The highest BCUT2D eigenvalue weighted by Gasteiger charge is 2.53. The number of hydrogen-bond acceptors (Lipinski definition) is 5. The maximum atomic E-state index is 11.3. The first-order valence-corrected chi connectivity index (χ1v) is 5.99. The lowest BCUT2D eigenvalue weighted by molar-refractivity contribution is 0.0592. The summed E-state index contributed by atoms with van der Waals surface area (Å²) in [6.45, 7) is 9.78. The van der Waals surface area contributed by atoms with Crippen molar-refractivity contribution < 1.29 is 9.53 Å². The molecule has 1 aromatic rings. The Morgan fingerprint density at radius 3 is 2.33 bits per heavy atom. The van der Waals surface area contributed by atoms with Crippen LogP contribution >= 0.6 is 0 Å². The molecular weight excluding hydrogens is 230 g/mol. The van der Waals surface area contributed by atoms with Crippen molar-refractivity contribution in [2.45, 2.75) is 33.2 Å². The van der Waals surface area contributed by atoms with E-state index in [1.54, 1.807) is 6.07 Å². The number of aromatic nitrogens is 2. The van der Waals surface area contributed by atoms with E-state index in [-0.39, 0.29) is 16.6 Å².